The van der Waals surface area contributed by atoms with Crippen LogP contribution in [0.15, 0.2) is 42.5 Å². The summed E-state index contributed by atoms with van der Waals surface area (Å²) >= 11 is 0. The lowest BCUT2D eigenvalue weighted by atomic mass is 9.99. The minimum atomic E-state index is -0.956. The summed E-state index contributed by atoms with van der Waals surface area (Å²) in [5.74, 6) is -2.65. The largest absolute Gasteiger partial charge is 0.478 e. The second-order valence-electron chi connectivity index (χ2n) is 6.38. The Morgan fingerprint density at radius 1 is 1.24 bits per heavy atom. The average molecular weight is 346 g/mol. The number of carbonyl (C=O) groups is 1. The van der Waals surface area contributed by atoms with Crippen molar-refractivity contribution in [2.45, 2.75) is 25.0 Å². The van der Waals surface area contributed by atoms with Crippen LogP contribution in [0, 0.1) is 11.6 Å². The molecule has 6 heteroatoms. The van der Waals surface area contributed by atoms with Gasteiger partial charge in [-0.3, -0.25) is 4.90 Å². The van der Waals surface area contributed by atoms with Crippen LogP contribution < -0.4 is 5.32 Å². The number of halogens is 2. The van der Waals surface area contributed by atoms with E-state index in [2.05, 4.69) is 10.2 Å². The zero-order valence-electron chi connectivity index (χ0n) is 13.9. The molecule has 1 saturated heterocycles. The van der Waals surface area contributed by atoms with Crippen molar-refractivity contribution >= 4 is 5.97 Å². The zero-order chi connectivity index (χ0) is 18.0. The molecular weight excluding hydrogens is 326 g/mol. The first-order chi connectivity index (χ1) is 12.0. The van der Waals surface area contributed by atoms with Gasteiger partial charge in [0.1, 0.15) is 0 Å². The summed E-state index contributed by atoms with van der Waals surface area (Å²) in [6.45, 7) is 1.36. The molecule has 0 spiro atoms. The molecule has 2 unspecified atom stereocenters. The lowest BCUT2D eigenvalue weighted by Crippen LogP contribution is -2.34. The monoisotopic (exact) mass is 346 g/mol. The van der Waals surface area contributed by atoms with Crippen molar-refractivity contribution in [1.29, 1.82) is 0 Å². The van der Waals surface area contributed by atoms with Gasteiger partial charge in [-0.15, -0.1) is 0 Å². The molecule has 2 aromatic rings. The minimum Gasteiger partial charge on any atom is -0.478 e. The Kier molecular flexibility index (Phi) is 5.11. The molecule has 0 aromatic heterocycles. The summed E-state index contributed by atoms with van der Waals surface area (Å²) in [4.78, 5) is 13.2. The highest BCUT2D eigenvalue weighted by Crippen LogP contribution is 2.31. The number of likely N-dealkylation sites (tertiary alicyclic amines) is 1. The van der Waals surface area contributed by atoms with E-state index in [9.17, 15) is 13.6 Å². The van der Waals surface area contributed by atoms with Gasteiger partial charge in [0.15, 0.2) is 11.6 Å². The highest BCUT2D eigenvalue weighted by molar-refractivity contribution is 5.87. The standard InChI is InChI=1S/C19H20F2N2O2/c1-23-8-7-17(18(23)13-5-6-15(20)16(21)10-13)22-11-12-3-2-4-14(9-12)19(24)25/h2-6,9-10,17-18,22H,7-8,11H2,1H3,(H,24,25). The van der Waals surface area contributed by atoms with E-state index in [1.807, 2.05) is 13.1 Å². The van der Waals surface area contributed by atoms with E-state index in [0.29, 0.717) is 6.54 Å². The van der Waals surface area contributed by atoms with Crippen molar-refractivity contribution in [2.24, 2.45) is 0 Å². The van der Waals surface area contributed by atoms with Gasteiger partial charge < -0.3 is 10.4 Å². The quantitative estimate of drug-likeness (QED) is 0.873. The molecule has 2 N–H and O–H groups in total. The predicted molar refractivity (Wildman–Crippen MR) is 90.4 cm³/mol. The van der Waals surface area contributed by atoms with E-state index in [1.165, 1.54) is 6.07 Å². The van der Waals surface area contributed by atoms with E-state index in [4.69, 9.17) is 5.11 Å². The molecule has 3 rings (SSSR count). The minimum absolute atomic E-state index is 0.0576. The highest BCUT2D eigenvalue weighted by Gasteiger charge is 2.33. The Bertz CT molecular complexity index is 782. The number of nitrogens with zero attached hydrogens (tertiary/aromatic N) is 1. The third-order valence-corrected chi connectivity index (χ3v) is 4.68. The van der Waals surface area contributed by atoms with Crippen molar-refractivity contribution in [3.05, 3.63) is 70.8 Å². The number of aromatic carboxylic acids is 1. The third kappa shape index (κ3) is 3.86. The maximum atomic E-state index is 13.6. The molecule has 0 radical (unpaired) electrons. The highest BCUT2D eigenvalue weighted by atomic mass is 19.2. The molecule has 25 heavy (non-hydrogen) atoms. The Labute approximate surface area is 145 Å². The fourth-order valence-electron chi connectivity index (χ4n) is 3.41. The third-order valence-electron chi connectivity index (χ3n) is 4.68. The topological polar surface area (TPSA) is 52.6 Å². The molecule has 0 amide bonds. The van der Waals surface area contributed by atoms with Crippen LogP contribution in [0.5, 0.6) is 0 Å². The molecule has 1 aliphatic heterocycles. The van der Waals surface area contributed by atoms with Crippen molar-refractivity contribution in [3.63, 3.8) is 0 Å². The Hall–Kier alpha value is -2.31. The van der Waals surface area contributed by atoms with Gasteiger partial charge in [0.2, 0.25) is 0 Å². The molecule has 0 aliphatic carbocycles. The number of carboxylic acids is 1. The fourth-order valence-corrected chi connectivity index (χ4v) is 3.41. The van der Waals surface area contributed by atoms with Crippen molar-refractivity contribution in [3.8, 4) is 0 Å². The average Bonchev–Trinajstić information content (AvgIpc) is 2.96. The van der Waals surface area contributed by atoms with Gasteiger partial charge in [-0.05, 0) is 48.9 Å². The Balaban J connectivity index is 1.74. The van der Waals surface area contributed by atoms with Gasteiger partial charge in [0.25, 0.3) is 0 Å². The molecule has 1 aliphatic rings. The van der Waals surface area contributed by atoms with E-state index in [-0.39, 0.29) is 17.6 Å². The van der Waals surface area contributed by atoms with E-state index in [0.717, 1.165) is 30.2 Å². The molecule has 0 bridgehead atoms. The number of likely N-dealkylation sites (N-methyl/N-ethyl adjacent to an activating group) is 1. The summed E-state index contributed by atoms with van der Waals surface area (Å²) in [5.41, 5.74) is 1.86. The Morgan fingerprint density at radius 2 is 2.04 bits per heavy atom. The molecule has 1 fully saturated rings. The van der Waals surface area contributed by atoms with Gasteiger partial charge in [-0.25, -0.2) is 13.6 Å². The van der Waals surface area contributed by atoms with E-state index in [1.54, 1.807) is 24.3 Å². The van der Waals surface area contributed by atoms with Gasteiger partial charge >= 0.3 is 5.97 Å². The smallest absolute Gasteiger partial charge is 0.335 e. The lowest BCUT2D eigenvalue weighted by molar-refractivity contribution is 0.0696. The molecule has 1 heterocycles. The van der Waals surface area contributed by atoms with Crippen LogP contribution in [0.2, 0.25) is 0 Å². The number of hydrogen-bond acceptors (Lipinski definition) is 3. The van der Waals surface area contributed by atoms with Gasteiger partial charge in [-0.1, -0.05) is 18.2 Å². The van der Waals surface area contributed by atoms with Crippen molar-refractivity contribution in [2.75, 3.05) is 13.6 Å². The SMILES string of the molecule is CN1CCC(NCc2cccc(C(=O)O)c2)C1c1ccc(F)c(F)c1. The molecular formula is C19H20F2N2O2. The number of nitrogens with one attached hydrogen (secondary N) is 1. The second-order valence-corrected chi connectivity index (χ2v) is 6.38. The van der Waals surface area contributed by atoms with Gasteiger partial charge in [0.05, 0.1) is 5.56 Å². The van der Waals surface area contributed by atoms with Gasteiger partial charge in [0, 0.05) is 25.2 Å². The summed E-state index contributed by atoms with van der Waals surface area (Å²) in [6, 6.07) is 10.8. The predicted octanol–water partition coefficient (Wildman–Crippen LogP) is 3.20. The molecule has 2 atom stereocenters. The van der Waals surface area contributed by atoms with Crippen LogP contribution in [0.1, 0.15) is 33.9 Å². The van der Waals surface area contributed by atoms with Crippen LogP contribution in [-0.4, -0.2) is 35.6 Å². The number of carboxylic acid groups (broad SMARTS) is 1. The molecule has 4 nitrogen and oxygen atoms in total. The molecule has 0 saturated carbocycles. The second kappa shape index (κ2) is 7.29. The summed E-state index contributed by atoms with van der Waals surface area (Å²) in [6.07, 6.45) is 0.874. The van der Waals surface area contributed by atoms with E-state index >= 15 is 0 Å². The number of rotatable bonds is 5. The summed E-state index contributed by atoms with van der Waals surface area (Å²) in [5, 5.41) is 12.5. The van der Waals surface area contributed by atoms with Crippen LogP contribution in [0.25, 0.3) is 0 Å². The van der Waals surface area contributed by atoms with Crippen LogP contribution >= 0.6 is 0 Å². The molecule has 132 valence electrons. The first-order valence-corrected chi connectivity index (χ1v) is 8.16. The lowest BCUT2D eigenvalue weighted by Gasteiger charge is -2.26. The number of hydrogen-bond donors (Lipinski definition) is 2. The van der Waals surface area contributed by atoms with E-state index < -0.39 is 17.6 Å². The number of benzene rings is 2. The van der Waals surface area contributed by atoms with Gasteiger partial charge in [-0.2, -0.15) is 0 Å². The van der Waals surface area contributed by atoms with Crippen molar-refractivity contribution < 1.29 is 18.7 Å². The van der Waals surface area contributed by atoms with Crippen LogP contribution in [-0.2, 0) is 6.54 Å². The summed E-state index contributed by atoms with van der Waals surface area (Å²) in [7, 11) is 1.96. The Morgan fingerprint density at radius 3 is 2.76 bits per heavy atom. The maximum absolute atomic E-state index is 13.6. The molecule has 2 aromatic carbocycles. The van der Waals surface area contributed by atoms with Crippen LogP contribution in [0.4, 0.5) is 8.78 Å². The first kappa shape index (κ1) is 17.5. The summed E-state index contributed by atoms with van der Waals surface area (Å²) < 4.78 is 26.8. The normalized spacial score (nSPS) is 20.8. The van der Waals surface area contributed by atoms with Crippen molar-refractivity contribution in [1.82, 2.24) is 10.2 Å². The fraction of sp³-hybridized carbons (Fsp3) is 0.316. The first-order valence-electron chi connectivity index (χ1n) is 8.16. The zero-order valence-corrected chi connectivity index (χ0v) is 13.9. The van der Waals surface area contributed by atoms with Crippen LogP contribution in [0.3, 0.4) is 0 Å². The maximum Gasteiger partial charge on any atom is 0.335 e.